The molecule has 0 fully saturated rings. The minimum Gasteiger partial charge on any atom is -0.348 e. The van der Waals surface area contributed by atoms with Gasteiger partial charge in [-0.1, -0.05) is 18.2 Å². The molecule has 82 valence electrons. The van der Waals surface area contributed by atoms with Crippen LogP contribution in [0.3, 0.4) is 0 Å². The molecule has 1 aliphatic heterocycles. The smallest absolute Gasteiger partial charge is 0.128 e. The van der Waals surface area contributed by atoms with Crippen molar-refractivity contribution in [2.24, 2.45) is 0 Å². The molecule has 0 aliphatic carbocycles. The van der Waals surface area contributed by atoms with Gasteiger partial charge in [-0.15, -0.1) is 0 Å². The average Bonchev–Trinajstić information content (AvgIpc) is 2.77. The van der Waals surface area contributed by atoms with Crippen molar-refractivity contribution in [2.45, 2.75) is 12.5 Å². The normalized spacial score (nSPS) is 19.4. The van der Waals surface area contributed by atoms with Crippen molar-refractivity contribution in [1.29, 1.82) is 0 Å². The molecule has 0 saturated heterocycles. The van der Waals surface area contributed by atoms with Crippen LogP contribution in [-0.4, -0.2) is 16.5 Å². The molecule has 0 bridgehead atoms. The zero-order valence-corrected chi connectivity index (χ0v) is 8.70. The van der Waals surface area contributed by atoms with Gasteiger partial charge >= 0.3 is 0 Å². The third-order valence-electron chi connectivity index (χ3n) is 2.96. The van der Waals surface area contributed by atoms with E-state index in [0.29, 0.717) is 5.56 Å². The molecule has 1 aliphatic rings. The summed E-state index contributed by atoms with van der Waals surface area (Å²) in [7, 11) is 0. The van der Waals surface area contributed by atoms with Gasteiger partial charge in [-0.05, 0) is 6.07 Å². The number of benzene rings is 1. The summed E-state index contributed by atoms with van der Waals surface area (Å²) in [5.74, 6) is -0.184. The lowest BCUT2D eigenvalue weighted by molar-refractivity contribution is 0.518. The van der Waals surface area contributed by atoms with E-state index in [2.05, 4.69) is 15.3 Å². The van der Waals surface area contributed by atoms with E-state index >= 15 is 0 Å². The molecular formula is C12H12FN3. The number of fused-ring (bicyclic) bond motifs is 1. The van der Waals surface area contributed by atoms with E-state index in [0.717, 1.165) is 24.4 Å². The molecule has 2 N–H and O–H groups in total. The molecule has 3 rings (SSSR count). The number of hydrogen-bond acceptors (Lipinski definition) is 2. The maximum Gasteiger partial charge on any atom is 0.128 e. The standard InChI is InChI=1S/C12H12FN3/c13-9-4-2-1-3-8(9)11-12-10(5-6-14-11)15-7-16-12/h1-4,7,11,14H,5-6H2,(H,15,16). The molecule has 1 unspecified atom stereocenters. The number of H-pyrrole nitrogens is 1. The SMILES string of the molecule is Fc1ccccc1C1NCCc2[nH]cnc21. The van der Waals surface area contributed by atoms with E-state index in [4.69, 9.17) is 0 Å². The molecule has 3 nitrogen and oxygen atoms in total. The van der Waals surface area contributed by atoms with Gasteiger partial charge in [0.2, 0.25) is 0 Å². The highest BCUT2D eigenvalue weighted by Gasteiger charge is 2.25. The first kappa shape index (κ1) is 9.54. The third kappa shape index (κ3) is 1.42. The molecule has 1 aromatic heterocycles. The van der Waals surface area contributed by atoms with Crippen molar-refractivity contribution in [3.8, 4) is 0 Å². The Morgan fingerprint density at radius 3 is 3.06 bits per heavy atom. The van der Waals surface area contributed by atoms with Crippen LogP contribution in [0, 0.1) is 5.82 Å². The van der Waals surface area contributed by atoms with Gasteiger partial charge in [0.25, 0.3) is 0 Å². The first-order chi connectivity index (χ1) is 7.86. The van der Waals surface area contributed by atoms with Crippen LogP contribution in [0.1, 0.15) is 23.0 Å². The summed E-state index contributed by atoms with van der Waals surface area (Å²) in [6.45, 7) is 0.841. The van der Waals surface area contributed by atoms with Crippen LogP contribution in [0.4, 0.5) is 4.39 Å². The Morgan fingerprint density at radius 2 is 2.19 bits per heavy atom. The van der Waals surface area contributed by atoms with Crippen molar-refractivity contribution >= 4 is 0 Å². The number of rotatable bonds is 1. The number of nitrogens with one attached hydrogen (secondary N) is 2. The Kier molecular flexibility index (Phi) is 2.22. The third-order valence-corrected chi connectivity index (χ3v) is 2.96. The molecule has 0 amide bonds. The summed E-state index contributed by atoms with van der Waals surface area (Å²) < 4.78 is 13.7. The second-order valence-corrected chi connectivity index (χ2v) is 3.92. The molecule has 0 radical (unpaired) electrons. The van der Waals surface area contributed by atoms with Crippen LogP contribution in [0.25, 0.3) is 0 Å². The number of aromatic amines is 1. The number of imidazole rings is 1. The van der Waals surface area contributed by atoms with E-state index in [1.165, 1.54) is 6.07 Å². The van der Waals surface area contributed by atoms with Crippen LogP contribution < -0.4 is 5.32 Å². The highest BCUT2D eigenvalue weighted by atomic mass is 19.1. The summed E-state index contributed by atoms with van der Waals surface area (Å²) >= 11 is 0. The quantitative estimate of drug-likeness (QED) is 0.764. The highest BCUT2D eigenvalue weighted by molar-refractivity contribution is 5.33. The largest absolute Gasteiger partial charge is 0.348 e. The molecule has 0 saturated carbocycles. The summed E-state index contributed by atoms with van der Waals surface area (Å²) in [5, 5.41) is 3.30. The number of hydrogen-bond donors (Lipinski definition) is 2. The number of halogens is 1. The van der Waals surface area contributed by atoms with E-state index in [9.17, 15) is 4.39 Å². The zero-order valence-electron chi connectivity index (χ0n) is 8.70. The van der Waals surface area contributed by atoms with Gasteiger partial charge in [-0.25, -0.2) is 9.37 Å². The van der Waals surface area contributed by atoms with Crippen molar-refractivity contribution in [3.63, 3.8) is 0 Å². The summed E-state index contributed by atoms with van der Waals surface area (Å²) in [5.41, 5.74) is 2.68. The van der Waals surface area contributed by atoms with Crippen LogP contribution >= 0.6 is 0 Å². The molecule has 1 aromatic carbocycles. The fraction of sp³-hybridized carbons (Fsp3) is 0.250. The Labute approximate surface area is 92.7 Å². The van der Waals surface area contributed by atoms with E-state index in [-0.39, 0.29) is 11.9 Å². The summed E-state index contributed by atoms with van der Waals surface area (Å²) in [6.07, 6.45) is 2.59. The molecule has 0 spiro atoms. The van der Waals surface area contributed by atoms with Gasteiger partial charge in [0.1, 0.15) is 5.82 Å². The van der Waals surface area contributed by atoms with Gasteiger partial charge in [0.15, 0.2) is 0 Å². The molecule has 16 heavy (non-hydrogen) atoms. The fourth-order valence-corrected chi connectivity index (χ4v) is 2.19. The number of aromatic nitrogens is 2. The van der Waals surface area contributed by atoms with Gasteiger partial charge in [0, 0.05) is 24.2 Å². The van der Waals surface area contributed by atoms with Crippen LogP contribution in [0.15, 0.2) is 30.6 Å². The van der Waals surface area contributed by atoms with Gasteiger partial charge in [-0.3, -0.25) is 0 Å². The molecule has 2 aromatic rings. The van der Waals surface area contributed by atoms with Crippen molar-refractivity contribution in [1.82, 2.24) is 15.3 Å². The Hall–Kier alpha value is -1.68. The first-order valence-corrected chi connectivity index (χ1v) is 5.36. The van der Waals surface area contributed by atoms with E-state index in [1.807, 2.05) is 6.07 Å². The van der Waals surface area contributed by atoms with Crippen molar-refractivity contribution in [3.05, 3.63) is 53.4 Å². The van der Waals surface area contributed by atoms with Crippen LogP contribution in [-0.2, 0) is 6.42 Å². The lowest BCUT2D eigenvalue weighted by Crippen LogP contribution is -2.31. The minimum atomic E-state index is -0.184. The highest BCUT2D eigenvalue weighted by Crippen LogP contribution is 2.27. The Balaban J connectivity index is 2.08. The topological polar surface area (TPSA) is 40.7 Å². The van der Waals surface area contributed by atoms with E-state index in [1.54, 1.807) is 18.5 Å². The molecule has 1 atom stereocenters. The van der Waals surface area contributed by atoms with Gasteiger partial charge in [-0.2, -0.15) is 0 Å². The maximum atomic E-state index is 13.7. The Bertz CT molecular complexity index is 506. The summed E-state index contributed by atoms with van der Waals surface area (Å²) in [6, 6.07) is 6.71. The number of nitrogens with zero attached hydrogens (tertiary/aromatic N) is 1. The fourth-order valence-electron chi connectivity index (χ4n) is 2.19. The van der Waals surface area contributed by atoms with Crippen molar-refractivity contribution < 1.29 is 4.39 Å². The first-order valence-electron chi connectivity index (χ1n) is 5.36. The molecule has 2 heterocycles. The Morgan fingerprint density at radius 1 is 1.31 bits per heavy atom. The van der Waals surface area contributed by atoms with Gasteiger partial charge in [0.05, 0.1) is 18.1 Å². The predicted octanol–water partition coefficient (Wildman–Crippen LogP) is 1.78. The monoisotopic (exact) mass is 217 g/mol. The minimum absolute atomic E-state index is 0.129. The summed E-state index contributed by atoms with van der Waals surface area (Å²) in [4.78, 5) is 7.37. The molecule has 4 heteroatoms. The van der Waals surface area contributed by atoms with Crippen LogP contribution in [0.5, 0.6) is 0 Å². The van der Waals surface area contributed by atoms with Gasteiger partial charge < -0.3 is 10.3 Å². The lowest BCUT2D eigenvalue weighted by Gasteiger charge is -2.23. The average molecular weight is 217 g/mol. The van der Waals surface area contributed by atoms with E-state index < -0.39 is 0 Å². The molecular weight excluding hydrogens is 205 g/mol. The lowest BCUT2D eigenvalue weighted by atomic mass is 9.98. The predicted molar refractivity (Wildman–Crippen MR) is 58.5 cm³/mol. The van der Waals surface area contributed by atoms with Crippen LogP contribution in [0.2, 0.25) is 0 Å². The second-order valence-electron chi connectivity index (χ2n) is 3.92. The maximum absolute atomic E-state index is 13.7. The second kappa shape index (κ2) is 3.72. The van der Waals surface area contributed by atoms with Crippen molar-refractivity contribution in [2.75, 3.05) is 6.54 Å². The zero-order chi connectivity index (χ0) is 11.0.